The maximum atomic E-state index is 6.41. The Morgan fingerprint density at radius 3 is 2.57 bits per heavy atom. The van der Waals surface area contributed by atoms with Crippen molar-refractivity contribution in [1.82, 2.24) is 14.8 Å². The van der Waals surface area contributed by atoms with Gasteiger partial charge in [-0.2, -0.15) is 0 Å². The van der Waals surface area contributed by atoms with Crippen molar-refractivity contribution in [3.8, 4) is 0 Å². The van der Waals surface area contributed by atoms with E-state index in [4.69, 9.17) is 5.73 Å². The van der Waals surface area contributed by atoms with E-state index in [0.29, 0.717) is 0 Å². The van der Waals surface area contributed by atoms with Gasteiger partial charge in [0.05, 0.1) is 11.7 Å². The second kappa shape index (κ2) is 7.87. The monoisotopic (exact) mass is 290 g/mol. The Labute approximate surface area is 129 Å². The quantitative estimate of drug-likeness (QED) is 0.872. The van der Waals surface area contributed by atoms with Gasteiger partial charge in [-0.05, 0) is 64.5 Å². The van der Waals surface area contributed by atoms with Crippen LogP contribution in [0.5, 0.6) is 0 Å². The Morgan fingerprint density at radius 2 is 2.05 bits per heavy atom. The Kier molecular flexibility index (Phi) is 6.15. The molecule has 2 atom stereocenters. The van der Waals surface area contributed by atoms with Gasteiger partial charge in [-0.3, -0.25) is 9.88 Å². The summed E-state index contributed by atoms with van der Waals surface area (Å²) in [5.74, 6) is 0.818. The summed E-state index contributed by atoms with van der Waals surface area (Å²) in [4.78, 5) is 9.41. The molecule has 1 fully saturated rings. The number of pyridine rings is 1. The second-order valence-electron chi connectivity index (χ2n) is 6.51. The Bertz CT molecular complexity index is 399. The zero-order valence-electron chi connectivity index (χ0n) is 13.7. The summed E-state index contributed by atoms with van der Waals surface area (Å²) in [5.41, 5.74) is 7.53. The number of hydrogen-bond donors (Lipinski definition) is 1. The van der Waals surface area contributed by atoms with Crippen LogP contribution in [0.25, 0.3) is 0 Å². The van der Waals surface area contributed by atoms with Gasteiger partial charge in [-0.15, -0.1) is 0 Å². The first-order valence-electron chi connectivity index (χ1n) is 8.17. The van der Waals surface area contributed by atoms with Crippen LogP contribution in [0.3, 0.4) is 0 Å². The standard InChI is InChI=1S/C17H30N4/c1-4-15(18)17(16-7-5-6-10-19-16)21-11-8-14(9-12-21)13-20(2)3/h5-7,10,14-15,17H,4,8-9,11-13,18H2,1-3H3. The molecule has 2 heterocycles. The molecule has 0 amide bonds. The normalized spacial score (nSPS) is 20.6. The van der Waals surface area contributed by atoms with Gasteiger partial charge in [-0.25, -0.2) is 0 Å². The van der Waals surface area contributed by atoms with Crippen molar-refractivity contribution >= 4 is 0 Å². The Balaban J connectivity index is 2.03. The molecular weight excluding hydrogens is 260 g/mol. The van der Waals surface area contributed by atoms with Crippen LogP contribution in [-0.4, -0.2) is 54.6 Å². The summed E-state index contributed by atoms with van der Waals surface area (Å²) < 4.78 is 0. The van der Waals surface area contributed by atoms with Crippen LogP contribution < -0.4 is 5.73 Å². The van der Waals surface area contributed by atoms with Crippen molar-refractivity contribution in [2.75, 3.05) is 33.7 Å². The van der Waals surface area contributed by atoms with Crippen molar-refractivity contribution in [2.45, 2.75) is 38.3 Å². The minimum absolute atomic E-state index is 0.158. The SMILES string of the molecule is CCC(N)C(c1ccccn1)N1CCC(CN(C)C)CC1. The fourth-order valence-electron chi connectivity index (χ4n) is 3.38. The summed E-state index contributed by atoms with van der Waals surface area (Å²) in [7, 11) is 4.33. The lowest BCUT2D eigenvalue weighted by Gasteiger charge is -2.40. The number of likely N-dealkylation sites (tertiary alicyclic amines) is 1. The molecular formula is C17H30N4. The fourth-order valence-corrected chi connectivity index (χ4v) is 3.38. The first-order chi connectivity index (χ1) is 10.1. The number of hydrogen-bond acceptors (Lipinski definition) is 4. The topological polar surface area (TPSA) is 45.4 Å². The summed E-state index contributed by atoms with van der Waals surface area (Å²) >= 11 is 0. The molecule has 2 N–H and O–H groups in total. The van der Waals surface area contributed by atoms with Crippen LogP contribution in [0.1, 0.15) is 37.9 Å². The highest BCUT2D eigenvalue weighted by atomic mass is 15.2. The average molecular weight is 290 g/mol. The summed E-state index contributed by atoms with van der Waals surface area (Å²) in [6.45, 7) is 5.63. The molecule has 0 saturated carbocycles. The molecule has 0 aromatic carbocycles. The van der Waals surface area contributed by atoms with Crippen LogP contribution >= 0.6 is 0 Å². The van der Waals surface area contributed by atoms with Crippen molar-refractivity contribution in [1.29, 1.82) is 0 Å². The molecule has 4 nitrogen and oxygen atoms in total. The smallest absolute Gasteiger partial charge is 0.0673 e. The third-order valence-corrected chi connectivity index (χ3v) is 4.53. The Morgan fingerprint density at radius 1 is 1.33 bits per heavy atom. The van der Waals surface area contributed by atoms with Gasteiger partial charge in [0.2, 0.25) is 0 Å². The van der Waals surface area contributed by atoms with Crippen molar-refractivity contribution in [3.05, 3.63) is 30.1 Å². The second-order valence-corrected chi connectivity index (χ2v) is 6.51. The molecule has 2 unspecified atom stereocenters. The zero-order chi connectivity index (χ0) is 15.2. The molecule has 0 bridgehead atoms. The molecule has 21 heavy (non-hydrogen) atoms. The van der Waals surface area contributed by atoms with E-state index in [2.05, 4.69) is 47.9 Å². The van der Waals surface area contributed by atoms with E-state index in [-0.39, 0.29) is 12.1 Å². The minimum Gasteiger partial charge on any atom is -0.326 e. The number of nitrogens with zero attached hydrogens (tertiary/aromatic N) is 3. The first kappa shape index (κ1) is 16.4. The van der Waals surface area contributed by atoms with Crippen LogP contribution in [0, 0.1) is 5.92 Å². The molecule has 0 spiro atoms. The number of aromatic nitrogens is 1. The predicted molar refractivity (Wildman–Crippen MR) is 88.1 cm³/mol. The van der Waals surface area contributed by atoms with Crippen LogP contribution in [-0.2, 0) is 0 Å². The lowest BCUT2D eigenvalue weighted by atomic mass is 9.92. The van der Waals surface area contributed by atoms with Crippen LogP contribution in [0.15, 0.2) is 24.4 Å². The van der Waals surface area contributed by atoms with Crippen LogP contribution in [0.4, 0.5) is 0 Å². The molecule has 118 valence electrons. The maximum absolute atomic E-state index is 6.41. The van der Waals surface area contributed by atoms with Crippen molar-refractivity contribution < 1.29 is 0 Å². The molecule has 1 aromatic heterocycles. The molecule has 1 saturated heterocycles. The van der Waals surface area contributed by atoms with Gasteiger partial charge in [0, 0.05) is 18.8 Å². The highest BCUT2D eigenvalue weighted by Gasteiger charge is 2.30. The molecule has 1 aliphatic heterocycles. The molecule has 4 heteroatoms. The van der Waals surface area contributed by atoms with Gasteiger partial charge in [0.1, 0.15) is 0 Å². The summed E-state index contributed by atoms with van der Waals surface area (Å²) in [5, 5.41) is 0. The third-order valence-electron chi connectivity index (χ3n) is 4.53. The zero-order valence-corrected chi connectivity index (χ0v) is 13.7. The molecule has 0 aliphatic carbocycles. The highest BCUT2D eigenvalue weighted by molar-refractivity contribution is 5.12. The van der Waals surface area contributed by atoms with E-state index < -0.39 is 0 Å². The molecule has 0 radical (unpaired) electrons. The van der Waals surface area contributed by atoms with E-state index in [1.54, 1.807) is 0 Å². The number of piperidine rings is 1. The lowest BCUT2D eigenvalue weighted by Crippen LogP contribution is -2.46. The Hall–Kier alpha value is -0.970. The fraction of sp³-hybridized carbons (Fsp3) is 0.706. The van der Waals surface area contributed by atoms with Crippen LogP contribution in [0.2, 0.25) is 0 Å². The minimum atomic E-state index is 0.158. The van der Waals surface area contributed by atoms with E-state index >= 15 is 0 Å². The summed E-state index contributed by atoms with van der Waals surface area (Å²) in [6.07, 6.45) is 5.39. The average Bonchev–Trinajstić information content (AvgIpc) is 2.49. The van der Waals surface area contributed by atoms with E-state index in [0.717, 1.165) is 31.1 Å². The highest BCUT2D eigenvalue weighted by Crippen LogP contribution is 2.28. The van der Waals surface area contributed by atoms with Gasteiger partial charge in [0.25, 0.3) is 0 Å². The third kappa shape index (κ3) is 4.50. The lowest BCUT2D eigenvalue weighted by molar-refractivity contribution is 0.102. The van der Waals surface area contributed by atoms with Crippen molar-refractivity contribution in [3.63, 3.8) is 0 Å². The predicted octanol–water partition coefficient (Wildman–Crippen LogP) is 2.13. The molecule has 1 aromatic rings. The van der Waals surface area contributed by atoms with Gasteiger partial charge in [0.15, 0.2) is 0 Å². The maximum Gasteiger partial charge on any atom is 0.0673 e. The van der Waals surface area contributed by atoms with Crippen molar-refractivity contribution in [2.24, 2.45) is 11.7 Å². The number of rotatable bonds is 6. The van der Waals surface area contributed by atoms with E-state index in [9.17, 15) is 0 Å². The summed E-state index contributed by atoms with van der Waals surface area (Å²) in [6, 6.07) is 6.58. The molecule has 1 aliphatic rings. The van der Waals surface area contributed by atoms with Gasteiger partial charge < -0.3 is 10.6 Å². The van der Waals surface area contributed by atoms with Gasteiger partial charge in [-0.1, -0.05) is 13.0 Å². The largest absolute Gasteiger partial charge is 0.326 e. The number of nitrogens with two attached hydrogens (primary N) is 1. The first-order valence-corrected chi connectivity index (χ1v) is 8.17. The van der Waals surface area contributed by atoms with Gasteiger partial charge >= 0.3 is 0 Å². The molecule has 2 rings (SSSR count). The van der Waals surface area contributed by atoms with E-state index in [1.165, 1.54) is 19.4 Å². The van der Waals surface area contributed by atoms with E-state index in [1.807, 2.05) is 12.3 Å².